The molecule has 1 saturated carbocycles. The van der Waals surface area contributed by atoms with Gasteiger partial charge in [0.15, 0.2) is 0 Å². The van der Waals surface area contributed by atoms with E-state index >= 15 is 0 Å². The number of hydrogen-bond donors (Lipinski definition) is 0. The first-order valence-electron chi connectivity index (χ1n) is 5.94. The summed E-state index contributed by atoms with van der Waals surface area (Å²) in [4.78, 5) is 13.2. The van der Waals surface area contributed by atoms with E-state index in [2.05, 4.69) is 34.3 Å². The van der Waals surface area contributed by atoms with Gasteiger partial charge in [-0.15, -0.1) is 11.3 Å². The minimum Gasteiger partial charge on any atom is -0.299 e. The van der Waals surface area contributed by atoms with Crippen LogP contribution in [-0.4, -0.2) is 5.78 Å². The highest BCUT2D eigenvalue weighted by Crippen LogP contribution is 2.32. The van der Waals surface area contributed by atoms with Gasteiger partial charge in [-0.05, 0) is 47.2 Å². The normalized spacial score (nSPS) is 26.0. The maximum absolute atomic E-state index is 11.9. The van der Waals surface area contributed by atoms with Crippen molar-refractivity contribution >= 4 is 33.0 Å². The monoisotopic (exact) mass is 300 g/mol. The van der Waals surface area contributed by atoms with E-state index in [1.165, 1.54) is 11.3 Å². The van der Waals surface area contributed by atoms with Gasteiger partial charge < -0.3 is 0 Å². The van der Waals surface area contributed by atoms with E-state index in [0.29, 0.717) is 5.78 Å². The number of rotatable bonds is 3. The Labute approximate surface area is 109 Å². The molecular weight excluding hydrogens is 284 g/mol. The van der Waals surface area contributed by atoms with Crippen LogP contribution in [-0.2, 0) is 11.2 Å². The molecule has 2 unspecified atom stereocenters. The van der Waals surface area contributed by atoms with Crippen LogP contribution in [0.15, 0.2) is 15.9 Å². The molecule has 1 aromatic rings. The molecule has 88 valence electrons. The third kappa shape index (κ3) is 2.95. The summed E-state index contributed by atoms with van der Waals surface area (Å²) in [5.41, 5.74) is 0. The van der Waals surface area contributed by atoms with Gasteiger partial charge in [0.05, 0.1) is 0 Å². The van der Waals surface area contributed by atoms with Crippen molar-refractivity contribution in [2.75, 3.05) is 0 Å². The topological polar surface area (TPSA) is 17.1 Å². The average Bonchev–Trinajstić information content (AvgIpc) is 2.67. The SMILES string of the molecule is CCC1CCC(=O)C(Cc2cc(Br)cs2)C1. The lowest BCUT2D eigenvalue weighted by molar-refractivity contribution is -0.125. The molecule has 1 nitrogen and oxygen atoms in total. The third-order valence-corrected chi connectivity index (χ3v) is 5.24. The lowest BCUT2D eigenvalue weighted by Crippen LogP contribution is -2.26. The molecule has 1 heterocycles. The predicted molar refractivity (Wildman–Crippen MR) is 71.9 cm³/mol. The van der Waals surface area contributed by atoms with Crippen LogP contribution < -0.4 is 0 Å². The maximum Gasteiger partial charge on any atom is 0.136 e. The van der Waals surface area contributed by atoms with E-state index in [1.54, 1.807) is 11.3 Å². The maximum atomic E-state index is 11.9. The van der Waals surface area contributed by atoms with Crippen LogP contribution in [0, 0.1) is 11.8 Å². The summed E-state index contributed by atoms with van der Waals surface area (Å²) in [6, 6.07) is 2.15. The molecule has 1 fully saturated rings. The smallest absolute Gasteiger partial charge is 0.136 e. The predicted octanol–water partition coefficient (Wildman–Crippen LogP) is 4.45. The van der Waals surface area contributed by atoms with Crippen LogP contribution in [0.5, 0.6) is 0 Å². The first-order valence-corrected chi connectivity index (χ1v) is 7.62. The van der Waals surface area contributed by atoms with Crippen molar-refractivity contribution in [2.45, 2.75) is 39.0 Å². The minimum absolute atomic E-state index is 0.282. The van der Waals surface area contributed by atoms with E-state index in [4.69, 9.17) is 0 Å². The molecule has 1 aliphatic rings. The Hall–Kier alpha value is -0.150. The molecule has 0 N–H and O–H groups in total. The van der Waals surface area contributed by atoms with Crippen LogP contribution in [0.25, 0.3) is 0 Å². The molecule has 0 aromatic carbocycles. The van der Waals surface area contributed by atoms with Gasteiger partial charge in [0.2, 0.25) is 0 Å². The Balaban J connectivity index is 1.99. The van der Waals surface area contributed by atoms with Crippen molar-refractivity contribution < 1.29 is 4.79 Å². The molecule has 0 spiro atoms. The zero-order chi connectivity index (χ0) is 11.5. The van der Waals surface area contributed by atoms with Crippen molar-refractivity contribution in [3.63, 3.8) is 0 Å². The van der Waals surface area contributed by atoms with Gasteiger partial charge in [0.25, 0.3) is 0 Å². The molecule has 0 amide bonds. The van der Waals surface area contributed by atoms with Crippen molar-refractivity contribution in [3.05, 3.63) is 20.8 Å². The summed E-state index contributed by atoms with van der Waals surface area (Å²) < 4.78 is 1.14. The molecule has 0 radical (unpaired) electrons. The number of halogens is 1. The molecular formula is C13H17BrOS. The summed E-state index contributed by atoms with van der Waals surface area (Å²) in [5, 5.41) is 2.10. The highest BCUT2D eigenvalue weighted by molar-refractivity contribution is 9.10. The van der Waals surface area contributed by atoms with Crippen LogP contribution in [0.4, 0.5) is 0 Å². The van der Waals surface area contributed by atoms with Crippen LogP contribution in [0.3, 0.4) is 0 Å². The van der Waals surface area contributed by atoms with Gasteiger partial charge >= 0.3 is 0 Å². The van der Waals surface area contributed by atoms with Gasteiger partial charge in [-0.3, -0.25) is 4.79 Å². The Kier molecular flexibility index (Phi) is 4.20. The molecule has 1 aliphatic carbocycles. The lowest BCUT2D eigenvalue weighted by atomic mass is 9.78. The standard InChI is InChI=1S/C13H17BrOS/c1-2-9-3-4-13(15)10(5-9)6-12-7-11(14)8-16-12/h7-10H,2-6H2,1H3. The molecule has 0 aliphatic heterocycles. The lowest BCUT2D eigenvalue weighted by Gasteiger charge is -2.26. The van der Waals surface area contributed by atoms with Gasteiger partial charge in [0.1, 0.15) is 5.78 Å². The first-order chi connectivity index (χ1) is 7.69. The van der Waals surface area contributed by atoms with E-state index < -0.39 is 0 Å². The van der Waals surface area contributed by atoms with Crippen LogP contribution in [0.2, 0.25) is 0 Å². The van der Waals surface area contributed by atoms with Crippen molar-refractivity contribution in [1.82, 2.24) is 0 Å². The summed E-state index contributed by atoms with van der Waals surface area (Å²) in [7, 11) is 0. The summed E-state index contributed by atoms with van der Waals surface area (Å²) in [6.07, 6.45) is 5.18. The number of ketones is 1. The number of hydrogen-bond acceptors (Lipinski definition) is 2. The summed E-state index contributed by atoms with van der Waals surface area (Å²) in [5.74, 6) is 1.53. The molecule has 0 saturated heterocycles. The Morgan fingerprint density at radius 2 is 2.38 bits per heavy atom. The quantitative estimate of drug-likeness (QED) is 0.806. The average molecular weight is 301 g/mol. The molecule has 3 heteroatoms. The molecule has 16 heavy (non-hydrogen) atoms. The number of Topliss-reactive ketones (excluding diaryl/α,β-unsaturated/α-hetero) is 1. The van der Waals surface area contributed by atoms with E-state index in [1.807, 2.05) is 0 Å². The zero-order valence-electron chi connectivity index (χ0n) is 9.54. The Morgan fingerprint density at radius 3 is 3.00 bits per heavy atom. The largest absolute Gasteiger partial charge is 0.299 e. The number of carbonyl (C=O) groups is 1. The number of carbonyl (C=O) groups excluding carboxylic acids is 1. The number of thiophene rings is 1. The summed E-state index contributed by atoms with van der Waals surface area (Å²) >= 11 is 5.22. The summed E-state index contributed by atoms with van der Waals surface area (Å²) in [6.45, 7) is 2.24. The van der Waals surface area contributed by atoms with Crippen molar-refractivity contribution in [1.29, 1.82) is 0 Å². The van der Waals surface area contributed by atoms with E-state index in [0.717, 1.165) is 36.1 Å². The van der Waals surface area contributed by atoms with E-state index in [-0.39, 0.29) is 5.92 Å². The highest BCUT2D eigenvalue weighted by atomic mass is 79.9. The van der Waals surface area contributed by atoms with Crippen LogP contribution >= 0.6 is 27.3 Å². The van der Waals surface area contributed by atoms with Gasteiger partial charge in [-0.1, -0.05) is 13.3 Å². The second-order valence-electron chi connectivity index (χ2n) is 4.65. The van der Waals surface area contributed by atoms with Crippen molar-refractivity contribution in [3.8, 4) is 0 Å². The van der Waals surface area contributed by atoms with Gasteiger partial charge in [-0.2, -0.15) is 0 Å². The Bertz CT molecular complexity index is 372. The highest BCUT2D eigenvalue weighted by Gasteiger charge is 2.28. The van der Waals surface area contributed by atoms with E-state index in [9.17, 15) is 4.79 Å². The third-order valence-electron chi connectivity index (χ3n) is 3.52. The minimum atomic E-state index is 0.282. The van der Waals surface area contributed by atoms with Crippen molar-refractivity contribution in [2.24, 2.45) is 11.8 Å². The second kappa shape index (κ2) is 5.46. The molecule has 0 bridgehead atoms. The van der Waals surface area contributed by atoms with Crippen LogP contribution in [0.1, 0.15) is 37.5 Å². The fourth-order valence-electron chi connectivity index (χ4n) is 2.47. The molecule has 2 rings (SSSR count). The zero-order valence-corrected chi connectivity index (χ0v) is 11.9. The first kappa shape index (κ1) is 12.3. The molecule has 1 aromatic heterocycles. The van der Waals surface area contributed by atoms with Gasteiger partial charge in [0, 0.05) is 27.1 Å². The molecule has 2 atom stereocenters. The Morgan fingerprint density at radius 1 is 1.56 bits per heavy atom. The fourth-order valence-corrected chi connectivity index (χ4v) is 4.01. The van der Waals surface area contributed by atoms with Gasteiger partial charge in [-0.25, -0.2) is 0 Å². The fraction of sp³-hybridized carbons (Fsp3) is 0.615. The second-order valence-corrected chi connectivity index (χ2v) is 6.56.